The molecule has 3 atom stereocenters. The molecule has 1 aliphatic rings. The van der Waals surface area contributed by atoms with E-state index in [1.54, 1.807) is 6.26 Å². The summed E-state index contributed by atoms with van der Waals surface area (Å²) in [4.78, 5) is 0. The fourth-order valence-corrected chi connectivity index (χ4v) is 3.62. The summed E-state index contributed by atoms with van der Waals surface area (Å²) in [6.45, 7) is 2.24. The van der Waals surface area contributed by atoms with E-state index in [1.165, 1.54) is 19.3 Å². The lowest BCUT2D eigenvalue weighted by Gasteiger charge is -2.34. The summed E-state index contributed by atoms with van der Waals surface area (Å²) in [6, 6.07) is 7.98. The van der Waals surface area contributed by atoms with Gasteiger partial charge in [-0.3, -0.25) is 0 Å². The molecule has 0 spiro atoms. The van der Waals surface area contributed by atoms with Gasteiger partial charge in [0.25, 0.3) is 0 Å². The molecular formula is C17H22O2. The maximum atomic E-state index is 10.8. The second-order valence-electron chi connectivity index (χ2n) is 5.75. The summed E-state index contributed by atoms with van der Waals surface area (Å²) in [6.07, 6.45) is 7.48. The van der Waals surface area contributed by atoms with Gasteiger partial charge in [0.15, 0.2) is 0 Å². The Balaban J connectivity index is 1.92. The second-order valence-corrected chi connectivity index (χ2v) is 5.75. The van der Waals surface area contributed by atoms with Crippen molar-refractivity contribution in [3.8, 4) is 0 Å². The molecule has 1 N–H and O–H groups in total. The number of hydrogen-bond acceptors (Lipinski definition) is 2. The van der Waals surface area contributed by atoms with Crippen molar-refractivity contribution in [3.05, 3.63) is 36.1 Å². The third-order valence-electron chi connectivity index (χ3n) is 4.73. The molecule has 0 saturated heterocycles. The Hall–Kier alpha value is -1.28. The highest BCUT2D eigenvalue weighted by molar-refractivity contribution is 5.81. The minimum absolute atomic E-state index is 0.381. The zero-order valence-corrected chi connectivity index (χ0v) is 11.5. The van der Waals surface area contributed by atoms with E-state index in [1.807, 2.05) is 24.3 Å². The summed E-state index contributed by atoms with van der Waals surface area (Å²) >= 11 is 0. The molecule has 2 nitrogen and oxygen atoms in total. The van der Waals surface area contributed by atoms with E-state index in [0.717, 1.165) is 29.4 Å². The average Bonchev–Trinajstić information content (AvgIpc) is 2.90. The van der Waals surface area contributed by atoms with E-state index >= 15 is 0 Å². The molecule has 1 fully saturated rings. The number of hydrogen-bond donors (Lipinski definition) is 1. The van der Waals surface area contributed by atoms with Gasteiger partial charge >= 0.3 is 0 Å². The quantitative estimate of drug-likeness (QED) is 0.867. The molecule has 0 amide bonds. The van der Waals surface area contributed by atoms with Gasteiger partial charge in [-0.15, -0.1) is 0 Å². The van der Waals surface area contributed by atoms with Crippen molar-refractivity contribution in [3.63, 3.8) is 0 Å². The fraction of sp³-hybridized carbons (Fsp3) is 0.529. The van der Waals surface area contributed by atoms with Gasteiger partial charge in [0.2, 0.25) is 0 Å². The van der Waals surface area contributed by atoms with Crippen LogP contribution < -0.4 is 0 Å². The van der Waals surface area contributed by atoms with Crippen molar-refractivity contribution < 1.29 is 9.52 Å². The topological polar surface area (TPSA) is 33.4 Å². The number of benzene rings is 1. The number of furan rings is 1. The smallest absolute Gasteiger partial charge is 0.134 e. The zero-order chi connectivity index (χ0) is 13.2. The van der Waals surface area contributed by atoms with Crippen LogP contribution in [0.5, 0.6) is 0 Å². The molecular weight excluding hydrogens is 236 g/mol. The standard InChI is InChI=1S/C17H22O2/c1-2-12-7-3-4-8-13(12)17(18)15-11-19-16-10-6-5-9-14(15)16/h5-6,9-13,17-18H,2-4,7-8H2,1H3. The van der Waals surface area contributed by atoms with Crippen molar-refractivity contribution in [2.45, 2.75) is 45.1 Å². The van der Waals surface area contributed by atoms with Crippen molar-refractivity contribution in [2.24, 2.45) is 11.8 Å². The van der Waals surface area contributed by atoms with Gasteiger partial charge in [-0.2, -0.15) is 0 Å². The molecule has 1 saturated carbocycles. The monoisotopic (exact) mass is 258 g/mol. The molecule has 1 aromatic carbocycles. The number of rotatable bonds is 3. The summed E-state index contributed by atoms with van der Waals surface area (Å²) in [7, 11) is 0. The first-order valence-corrected chi connectivity index (χ1v) is 7.45. The second kappa shape index (κ2) is 5.38. The van der Waals surface area contributed by atoms with Crippen molar-refractivity contribution >= 4 is 11.0 Å². The Morgan fingerprint density at radius 1 is 1.26 bits per heavy atom. The van der Waals surface area contributed by atoms with Crippen LogP contribution in [0.1, 0.15) is 50.7 Å². The van der Waals surface area contributed by atoms with Crippen molar-refractivity contribution in [1.82, 2.24) is 0 Å². The van der Waals surface area contributed by atoms with E-state index in [9.17, 15) is 5.11 Å². The molecule has 3 rings (SSSR count). The zero-order valence-electron chi connectivity index (χ0n) is 11.5. The molecule has 19 heavy (non-hydrogen) atoms. The predicted octanol–water partition coefficient (Wildman–Crippen LogP) is 4.68. The number of fused-ring (bicyclic) bond motifs is 1. The van der Waals surface area contributed by atoms with Crippen LogP contribution in [0.3, 0.4) is 0 Å². The normalized spacial score (nSPS) is 25.6. The fourth-order valence-electron chi connectivity index (χ4n) is 3.62. The Bertz CT molecular complexity index is 543. The highest BCUT2D eigenvalue weighted by Crippen LogP contribution is 2.42. The highest BCUT2D eigenvalue weighted by Gasteiger charge is 2.32. The molecule has 102 valence electrons. The van der Waals surface area contributed by atoms with Crippen LogP contribution >= 0.6 is 0 Å². The van der Waals surface area contributed by atoms with E-state index in [-0.39, 0.29) is 6.10 Å². The molecule has 0 aliphatic heterocycles. The third kappa shape index (κ3) is 2.30. The predicted molar refractivity (Wildman–Crippen MR) is 76.9 cm³/mol. The lowest BCUT2D eigenvalue weighted by atomic mass is 9.73. The van der Waals surface area contributed by atoms with Crippen LogP contribution in [0.25, 0.3) is 11.0 Å². The van der Waals surface area contributed by atoms with Crippen LogP contribution in [0.4, 0.5) is 0 Å². The largest absolute Gasteiger partial charge is 0.464 e. The third-order valence-corrected chi connectivity index (χ3v) is 4.73. The molecule has 2 aromatic rings. The van der Waals surface area contributed by atoms with E-state index in [0.29, 0.717) is 11.8 Å². The van der Waals surface area contributed by atoms with Crippen molar-refractivity contribution in [2.75, 3.05) is 0 Å². The van der Waals surface area contributed by atoms with E-state index < -0.39 is 0 Å². The van der Waals surface area contributed by atoms with Crippen LogP contribution in [0, 0.1) is 11.8 Å². The van der Waals surface area contributed by atoms with Gasteiger partial charge in [-0.1, -0.05) is 50.8 Å². The molecule has 1 aliphatic carbocycles. The van der Waals surface area contributed by atoms with Gasteiger partial charge in [0.05, 0.1) is 12.4 Å². The van der Waals surface area contributed by atoms with Crippen LogP contribution in [-0.2, 0) is 0 Å². The van der Waals surface area contributed by atoms with E-state index in [4.69, 9.17) is 4.42 Å². The van der Waals surface area contributed by atoms with E-state index in [2.05, 4.69) is 6.92 Å². The first-order valence-electron chi connectivity index (χ1n) is 7.45. The summed E-state index contributed by atoms with van der Waals surface area (Å²) in [5.41, 5.74) is 1.85. The van der Waals surface area contributed by atoms with Gasteiger partial charge in [-0.25, -0.2) is 0 Å². The SMILES string of the molecule is CCC1CCCCC1C(O)c1coc2ccccc12. The Morgan fingerprint density at radius 3 is 2.89 bits per heavy atom. The molecule has 0 bridgehead atoms. The van der Waals surface area contributed by atoms with Crippen LogP contribution in [0.15, 0.2) is 34.9 Å². The highest BCUT2D eigenvalue weighted by atomic mass is 16.3. The first-order chi connectivity index (χ1) is 9.31. The molecule has 1 heterocycles. The minimum atomic E-state index is -0.381. The van der Waals surface area contributed by atoms with Gasteiger partial charge in [0.1, 0.15) is 5.58 Å². The van der Waals surface area contributed by atoms with Gasteiger partial charge in [-0.05, 0) is 24.3 Å². The number of aliphatic hydroxyl groups is 1. The van der Waals surface area contributed by atoms with Crippen molar-refractivity contribution in [1.29, 1.82) is 0 Å². The molecule has 0 radical (unpaired) electrons. The molecule has 3 unspecified atom stereocenters. The maximum absolute atomic E-state index is 10.8. The van der Waals surface area contributed by atoms with Crippen LogP contribution in [0.2, 0.25) is 0 Å². The number of para-hydroxylation sites is 1. The summed E-state index contributed by atoms with van der Waals surface area (Å²) in [5, 5.41) is 11.8. The number of aliphatic hydroxyl groups excluding tert-OH is 1. The lowest BCUT2D eigenvalue weighted by Crippen LogP contribution is -2.25. The Kier molecular flexibility index (Phi) is 3.61. The summed E-state index contributed by atoms with van der Waals surface area (Å²) in [5.74, 6) is 1.04. The maximum Gasteiger partial charge on any atom is 0.134 e. The molecule has 2 heteroatoms. The minimum Gasteiger partial charge on any atom is -0.464 e. The lowest BCUT2D eigenvalue weighted by molar-refractivity contribution is 0.0456. The Morgan fingerprint density at radius 2 is 2.05 bits per heavy atom. The van der Waals surface area contributed by atoms with Crippen LogP contribution in [-0.4, -0.2) is 5.11 Å². The molecule has 1 aromatic heterocycles. The Labute approximate surface area is 114 Å². The average molecular weight is 258 g/mol. The van der Waals surface area contributed by atoms with Gasteiger partial charge < -0.3 is 9.52 Å². The van der Waals surface area contributed by atoms with Gasteiger partial charge in [0, 0.05) is 10.9 Å². The summed E-state index contributed by atoms with van der Waals surface area (Å²) < 4.78 is 5.57. The first kappa shape index (κ1) is 12.7.